The molecule has 0 saturated heterocycles. The van der Waals surface area contributed by atoms with Gasteiger partial charge in [-0.05, 0) is 61.4 Å². The molecule has 0 atom stereocenters. The minimum Gasteiger partial charge on any atom is -0.457 e. The Morgan fingerprint density at radius 3 is 2.08 bits per heavy atom. The van der Waals surface area contributed by atoms with E-state index in [0.29, 0.717) is 11.5 Å². The molecule has 122 valence electrons. The normalized spacial score (nSPS) is 10.5. The van der Waals surface area contributed by atoms with Crippen molar-refractivity contribution in [1.82, 2.24) is 10.2 Å². The van der Waals surface area contributed by atoms with Crippen LogP contribution in [0.5, 0.6) is 23.0 Å². The zero-order valence-electron chi connectivity index (χ0n) is 13.2. The van der Waals surface area contributed by atoms with E-state index in [2.05, 4.69) is 16.3 Å². The molecule has 0 aliphatic heterocycles. The molecule has 5 nitrogen and oxygen atoms in total. The molecule has 3 aromatic rings. The van der Waals surface area contributed by atoms with Gasteiger partial charge < -0.3 is 9.47 Å². The first-order valence-corrected chi connectivity index (χ1v) is 7.66. The maximum absolute atomic E-state index is 11.7. The third-order valence-corrected chi connectivity index (χ3v) is 3.51. The molecule has 0 aliphatic rings. The van der Waals surface area contributed by atoms with Crippen molar-refractivity contribution in [3.05, 3.63) is 75.2 Å². The number of aryl methyl sites for hydroxylation is 2. The van der Waals surface area contributed by atoms with E-state index in [1.54, 1.807) is 24.3 Å². The Bertz CT molecular complexity index is 900. The lowest BCUT2D eigenvalue weighted by Crippen LogP contribution is -2.10. The molecule has 1 aromatic heterocycles. The van der Waals surface area contributed by atoms with Gasteiger partial charge in [-0.15, -0.1) is 0 Å². The summed E-state index contributed by atoms with van der Waals surface area (Å²) in [6.45, 7) is 4.04. The summed E-state index contributed by atoms with van der Waals surface area (Å²) in [7, 11) is 0. The van der Waals surface area contributed by atoms with E-state index in [1.807, 2.05) is 26.0 Å². The number of benzene rings is 2. The molecule has 0 radical (unpaired) electrons. The number of hydrogen-bond acceptors (Lipinski definition) is 4. The quantitative estimate of drug-likeness (QED) is 0.751. The van der Waals surface area contributed by atoms with Gasteiger partial charge in [0.25, 0.3) is 0 Å². The first-order valence-electron chi connectivity index (χ1n) is 7.28. The summed E-state index contributed by atoms with van der Waals surface area (Å²) in [5.74, 6) is 1.92. The molecule has 0 bridgehead atoms. The van der Waals surface area contributed by atoms with E-state index >= 15 is 0 Å². The number of rotatable bonds is 4. The van der Waals surface area contributed by atoms with Crippen molar-refractivity contribution >= 4 is 11.6 Å². The van der Waals surface area contributed by atoms with Crippen LogP contribution in [0.2, 0.25) is 5.02 Å². The highest BCUT2D eigenvalue weighted by Gasteiger charge is 2.09. The van der Waals surface area contributed by atoms with Gasteiger partial charge in [-0.2, -0.15) is 5.10 Å². The number of nitrogens with one attached hydrogen (secondary N) is 1. The van der Waals surface area contributed by atoms with Gasteiger partial charge in [0.05, 0.1) is 6.20 Å². The second kappa shape index (κ2) is 6.76. The lowest BCUT2D eigenvalue weighted by atomic mass is 10.1. The van der Waals surface area contributed by atoms with Crippen LogP contribution >= 0.6 is 11.6 Å². The first-order chi connectivity index (χ1) is 11.5. The molecule has 1 N–H and O–H groups in total. The van der Waals surface area contributed by atoms with Crippen LogP contribution in [0.15, 0.2) is 53.5 Å². The zero-order valence-corrected chi connectivity index (χ0v) is 13.9. The first kappa shape index (κ1) is 16.1. The van der Waals surface area contributed by atoms with Crippen molar-refractivity contribution < 1.29 is 9.47 Å². The van der Waals surface area contributed by atoms with Gasteiger partial charge in [-0.1, -0.05) is 17.7 Å². The van der Waals surface area contributed by atoms with E-state index in [0.717, 1.165) is 16.9 Å². The Morgan fingerprint density at radius 2 is 1.50 bits per heavy atom. The summed E-state index contributed by atoms with van der Waals surface area (Å²) >= 11 is 5.92. The van der Waals surface area contributed by atoms with Crippen LogP contribution in [0.25, 0.3) is 0 Å². The minimum absolute atomic E-state index is 0.00893. The molecule has 24 heavy (non-hydrogen) atoms. The van der Waals surface area contributed by atoms with Crippen molar-refractivity contribution in [3.8, 4) is 23.0 Å². The fourth-order valence-corrected chi connectivity index (χ4v) is 2.46. The minimum atomic E-state index is -0.488. The summed E-state index contributed by atoms with van der Waals surface area (Å²) in [6.07, 6.45) is 1.32. The largest absolute Gasteiger partial charge is 0.457 e. The highest BCUT2D eigenvalue weighted by molar-refractivity contribution is 6.31. The van der Waals surface area contributed by atoms with Crippen LogP contribution in [0.3, 0.4) is 0 Å². The van der Waals surface area contributed by atoms with Gasteiger partial charge >= 0.3 is 5.56 Å². The van der Waals surface area contributed by atoms with Crippen LogP contribution < -0.4 is 15.0 Å². The molecule has 0 aliphatic carbocycles. The summed E-state index contributed by atoms with van der Waals surface area (Å²) in [5, 5.41) is 6.02. The Kier molecular flexibility index (Phi) is 4.53. The van der Waals surface area contributed by atoms with Crippen LogP contribution in [0, 0.1) is 13.8 Å². The highest BCUT2D eigenvalue weighted by atomic mass is 35.5. The summed E-state index contributed by atoms with van der Waals surface area (Å²) in [6, 6.07) is 12.9. The standard InChI is InChI=1S/C18H15ClN2O3/c1-11-7-12(2)9-15(8-11)23-13-3-5-14(6-4-13)24-17-16(19)10-20-21-18(17)22/h3-10H,1-2H3,(H,21,22). The summed E-state index contributed by atoms with van der Waals surface area (Å²) in [4.78, 5) is 11.7. The molecule has 0 saturated carbocycles. The van der Waals surface area contributed by atoms with E-state index in [-0.39, 0.29) is 10.8 Å². The second-order valence-corrected chi connectivity index (χ2v) is 5.78. The number of ether oxygens (including phenoxy) is 2. The molecular formula is C18H15ClN2O3. The monoisotopic (exact) mass is 342 g/mol. The van der Waals surface area contributed by atoms with Crippen molar-refractivity contribution in [2.75, 3.05) is 0 Å². The lowest BCUT2D eigenvalue weighted by molar-refractivity contribution is 0.463. The van der Waals surface area contributed by atoms with Crippen LogP contribution in [0.1, 0.15) is 11.1 Å². The molecule has 3 rings (SSSR count). The van der Waals surface area contributed by atoms with E-state index in [1.165, 1.54) is 6.20 Å². The number of hydrogen-bond donors (Lipinski definition) is 1. The van der Waals surface area contributed by atoms with Crippen LogP contribution in [-0.4, -0.2) is 10.2 Å². The average Bonchev–Trinajstić information content (AvgIpc) is 2.52. The third kappa shape index (κ3) is 3.75. The number of aromatic amines is 1. The Labute approximate surface area is 143 Å². The SMILES string of the molecule is Cc1cc(C)cc(Oc2ccc(Oc3c(Cl)cn[nH]c3=O)cc2)c1. The maximum atomic E-state index is 11.7. The second-order valence-electron chi connectivity index (χ2n) is 5.38. The number of halogens is 1. The molecule has 0 fully saturated rings. The van der Waals surface area contributed by atoms with E-state index in [9.17, 15) is 4.79 Å². The maximum Gasteiger partial charge on any atom is 0.308 e. The number of nitrogens with zero attached hydrogens (tertiary/aromatic N) is 1. The fraction of sp³-hybridized carbons (Fsp3) is 0.111. The molecular weight excluding hydrogens is 328 g/mol. The van der Waals surface area contributed by atoms with Crippen LogP contribution in [0.4, 0.5) is 0 Å². The topological polar surface area (TPSA) is 64.2 Å². The summed E-state index contributed by atoms with van der Waals surface area (Å²) in [5.41, 5.74) is 1.78. The molecule has 6 heteroatoms. The van der Waals surface area contributed by atoms with Gasteiger partial charge in [-0.3, -0.25) is 4.79 Å². The van der Waals surface area contributed by atoms with E-state index < -0.39 is 5.56 Å². The van der Waals surface area contributed by atoms with Crippen molar-refractivity contribution in [2.24, 2.45) is 0 Å². The van der Waals surface area contributed by atoms with Crippen LogP contribution in [-0.2, 0) is 0 Å². The fourth-order valence-electron chi connectivity index (χ4n) is 2.28. The Morgan fingerprint density at radius 1 is 0.917 bits per heavy atom. The van der Waals surface area contributed by atoms with Crippen molar-refractivity contribution in [1.29, 1.82) is 0 Å². The lowest BCUT2D eigenvalue weighted by Gasteiger charge is -2.09. The molecule has 0 spiro atoms. The van der Waals surface area contributed by atoms with Gasteiger partial charge in [0.2, 0.25) is 5.75 Å². The highest BCUT2D eigenvalue weighted by Crippen LogP contribution is 2.28. The Hall–Kier alpha value is -2.79. The molecule has 0 unspecified atom stereocenters. The predicted molar refractivity (Wildman–Crippen MR) is 92.4 cm³/mol. The smallest absolute Gasteiger partial charge is 0.308 e. The van der Waals surface area contributed by atoms with Crippen molar-refractivity contribution in [3.63, 3.8) is 0 Å². The van der Waals surface area contributed by atoms with Gasteiger partial charge in [0.15, 0.2) is 0 Å². The van der Waals surface area contributed by atoms with Gasteiger partial charge in [0.1, 0.15) is 22.3 Å². The predicted octanol–water partition coefficient (Wildman–Crippen LogP) is 4.62. The number of aromatic nitrogens is 2. The molecule has 0 amide bonds. The van der Waals surface area contributed by atoms with E-state index in [4.69, 9.17) is 21.1 Å². The van der Waals surface area contributed by atoms with Gasteiger partial charge in [-0.25, -0.2) is 5.10 Å². The zero-order chi connectivity index (χ0) is 17.1. The molecule has 2 aromatic carbocycles. The molecule has 1 heterocycles. The van der Waals surface area contributed by atoms with Gasteiger partial charge in [0, 0.05) is 0 Å². The average molecular weight is 343 g/mol. The van der Waals surface area contributed by atoms with Crippen molar-refractivity contribution in [2.45, 2.75) is 13.8 Å². The third-order valence-electron chi connectivity index (χ3n) is 3.24. The summed E-state index contributed by atoms with van der Waals surface area (Å²) < 4.78 is 11.3. The number of H-pyrrole nitrogens is 1. The Balaban J connectivity index is 1.77.